The minimum absolute atomic E-state index is 0.410. The van der Waals surface area contributed by atoms with Crippen LogP contribution in [0.1, 0.15) is 89.2 Å². The second-order valence-electron chi connectivity index (χ2n) is 15.2. The molecule has 1 heterocycles. The van der Waals surface area contributed by atoms with Crippen molar-refractivity contribution in [2.75, 3.05) is 0 Å². The number of benzene rings is 5. The van der Waals surface area contributed by atoms with Gasteiger partial charge < -0.3 is 0 Å². The van der Waals surface area contributed by atoms with Crippen molar-refractivity contribution in [1.29, 1.82) is 0 Å². The molecule has 0 saturated carbocycles. The van der Waals surface area contributed by atoms with Crippen molar-refractivity contribution in [3.63, 3.8) is 0 Å². The summed E-state index contributed by atoms with van der Waals surface area (Å²) >= 11 is 1.82. The molecular weight excluding hydrogens is 707 g/mol. The van der Waals surface area contributed by atoms with Gasteiger partial charge in [0.15, 0.2) is 0 Å². The molecular formula is C55H47NS. The normalized spacial score (nSPS) is 15.3. The first-order valence-electron chi connectivity index (χ1n) is 20.2. The molecule has 0 N–H and O–H groups in total. The van der Waals surface area contributed by atoms with Gasteiger partial charge in [-0.15, -0.1) is 11.3 Å². The second kappa shape index (κ2) is 15.1. The number of aryl methyl sites for hydroxylation is 1. The van der Waals surface area contributed by atoms with Crippen LogP contribution in [-0.2, 0) is 5.41 Å². The maximum absolute atomic E-state index is 5.08. The number of allylic oxidation sites excluding steroid dienone is 10. The highest BCUT2D eigenvalue weighted by Gasteiger charge is 2.51. The number of nitrogens with zero attached hydrogens (tertiary/aromatic N) is 1. The van der Waals surface area contributed by atoms with Crippen LogP contribution in [0.25, 0.3) is 56.7 Å². The summed E-state index contributed by atoms with van der Waals surface area (Å²) in [6.45, 7) is 10.7. The average Bonchev–Trinajstić information content (AvgIpc) is 3.73. The number of thiophene rings is 1. The summed E-state index contributed by atoms with van der Waals surface area (Å²) in [6.07, 6.45) is 24.1. The van der Waals surface area contributed by atoms with E-state index < -0.39 is 5.41 Å². The fourth-order valence-electron chi connectivity index (χ4n) is 9.26. The van der Waals surface area contributed by atoms with E-state index in [9.17, 15) is 0 Å². The minimum Gasteiger partial charge on any atom is -0.252 e. The number of rotatable bonds is 8. The van der Waals surface area contributed by atoms with Crippen LogP contribution in [0.3, 0.4) is 0 Å². The highest BCUT2D eigenvalue weighted by molar-refractivity contribution is 7.13. The molecule has 3 aliphatic carbocycles. The van der Waals surface area contributed by atoms with Gasteiger partial charge in [0.05, 0.1) is 11.1 Å². The van der Waals surface area contributed by atoms with E-state index in [4.69, 9.17) is 4.99 Å². The van der Waals surface area contributed by atoms with Gasteiger partial charge in [0.2, 0.25) is 0 Å². The van der Waals surface area contributed by atoms with Crippen LogP contribution in [0.4, 0.5) is 5.69 Å². The monoisotopic (exact) mass is 753 g/mol. The molecule has 5 aromatic carbocycles. The quantitative estimate of drug-likeness (QED) is 0.108. The predicted octanol–water partition coefficient (Wildman–Crippen LogP) is 15.6. The van der Waals surface area contributed by atoms with Crippen LogP contribution in [-0.4, -0.2) is 5.71 Å². The number of hydrogen-bond acceptors (Lipinski definition) is 2. The van der Waals surface area contributed by atoms with Gasteiger partial charge >= 0.3 is 0 Å². The van der Waals surface area contributed by atoms with Crippen LogP contribution in [0.5, 0.6) is 0 Å². The zero-order chi connectivity index (χ0) is 39.1. The second-order valence-corrected chi connectivity index (χ2v) is 16.4. The van der Waals surface area contributed by atoms with E-state index >= 15 is 0 Å². The van der Waals surface area contributed by atoms with Crippen LogP contribution < -0.4 is 0 Å². The van der Waals surface area contributed by atoms with Gasteiger partial charge in [0, 0.05) is 21.0 Å². The molecule has 0 atom stereocenters. The summed E-state index contributed by atoms with van der Waals surface area (Å²) < 4.78 is 0. The first-order valence-corrected chi connectivity index (χ1v) is 21.1. The zero-order valence-electron chi connectivity index (χ0n) is 33.4. The molecule has 2 heteroatoms. The lowest BCUT2D eigenvalue weighted by Crippen LogP contribution is -2.26. The van der Waals surface area contributed by atoms with E-state index in [0.717, 1.165) is 24.2 Å². The molecule has 3 aliphatic rings. The van der Waals surface area contributed by atoms with Crippen molar-refractivity contribution in [1.82, 2.24) is 0 Å². The maximum Gasteiger partial charge on any atom is 0.0847 e. The highest BCUT2D eigenvalue weighted by Crippen LogP contribution is 2.63. The van der Waals surface area contributed by atoms with Crippen molar-refractivity contribution in [3.05, 3.63) is 207 Å². The van der Waals surface area contributed by atoms with Gasteiger partial charge in [-0.3, -0.25) is 4.99 Å². The van der Waals surface area contributed by atoms with Crippen molar-refractivity contribution in [3.8, 4) is 33.4 Å². The van der Waals surface area contributed by atoms with Gasteiger partial charge in [-0.1, -0.05) is 153 Å². The molecule has 0 saturated heterocycles. The summed E-state index contributed by atoms with van der Waals surface area (Å²) in [5.41, 5.74) is 21.0. The number of aliphatic imine (C=N–C) groups is 1. The largest absolute Gasteiger partial charge is 0.252 e. The van der Waals surface area contributed by atoms with Crippen LogP contribution in [0.2, 0.25) is 0 Å². The standard InChI is InChI=1S/C55H47NS/c1-6-16-39(17-7-2)42-30-32-46-47-33-31-43(35-52(47)55(51(46)34-42)49-21-14-12-18-44(49)45-19-13-15-22-50(45)55)41-28-26-40(27-29-41)38(8-3)25-24-36(4)56-54-37(5)57-53-23-11-9-10-20-48(53)54/h6,8,10-35H,7,9H2,1-5H3/b16-6-,25-24-,38-8+,39-17+,56-36?. The van der Waals surface area contributed by atoms with Crippen LogP contribution in [0.15, 0.2) is 163 Å². The fourth-order valence-corrected chi connectivity index (χ4v) is 10.3. The summed E-state index contributed by atoms with van der Waals surface area (Å²) in [7, 11) is 0. The molecule has 1 aromatic heterocycles. The molecule has 57 heavy (non-hydrogen) atoms. The Hall–Kier alpha value is -6.09. The Morgan fingerprint density at radius 1 is 0.667 bits per heavy atom. The van der Waals surface area contributed by atoms with Crippen LogP contribution >= 0.6 is 11.3 Å². The van der Waals surface area contributed by atoms with E-state index in [1.807, 2.05) is 11.3 Å². The topological polar surface area (TPSA) is 12.4 Å². The zero-order valence-corrected chi connectivity index (χ0v) is 34.3. The van der Waals surface area contributed by atoms with Crippen molar-refractivity contribution >= 4 is 46.0 Å². The van der Waals surface area contributed by atoms with E-state index in [0.29, 0.717) is 0 Å². The van der Waals surface area contributed by atoms with Gasteiger partial charge in [-0.25, -0.2) is 0 Å². The third-order valence-electron chi connectivity index (χ3n) is 11.8. The maximum atomic E-state index is 5.08. The van der Waals surface area contributed by atoms with Crippen molar-refractivity contribution in [2.24, 2.45) is 4.99 Å². The van der Waals surface area contributed by atoms with Crippen molar-refractivity contribution < 1.29 is 0 Å². The molecule has 278 valence electrons. The van der Waals surface area contributed by atoms with E-state index in [2.05, 4.69) is 205 Å². The van der Waals surface area contributed by atoms with Crippen LogP contribution in [0, 0.1) is 6.92 Å². The molecule has 1 spiro atoms. The summed E-state index contributed by atoms with van der Waals surface area (Å²) in [5.74, 6) is 0. The third-order valence-corrected chi connectivity index (χ3v) is 12.9. The number of fused-ring (bicyclic) bond motifs is 11. The summed E-state index contributed by atoms with van der Waals surface area (Å²) in [5, 5.41) is 0. The molecule has 0 amide bonds. The Kier molecular flexibility index (Phi) is 9.68. The summed E-state index contributed by atoms with van der Waals surface area (Å²) in [6, 6.07) is 41.5. The Balaban J connectivity index is 1.10. The molecule has 1 nitrogen and oxygen atoms in total. The predicted molar refractivity (Wildman–Crippen MR) is 249 cm³/mol. The SMILES string of the molecule is C/C=C\C(=C/CC)c1ccc2c(c1)C1(c3ccccc3-c3ccccc31)c1cc(-c3ccc(C(/C=C\C(C)=Nc4c(C)sc5c4C=CCC=C5)=C/C)cc3)ccc1-2. The first-order chi connectivity index (χ1) is 28.0. The average molecular weight is 754 g/mol. The first kappa shape index (κ1) is 36.5. The Morgan fingerprint density at radius 3 is 2.00 bits per heavy atom. The lowest BCUT2D eigenvalue weighted by molar-refractivity contribution is 0.793. The van der Waals surface area contributed by atoms with Gasteiger partial charge in [0.25, 0.3) is 0 Å². The lowest BCUT2D eigenvalue weighted by atomic mass is 9.70. The van der Waals surface area contributed by atoms with E-state index in [1.165, 1.54) is 93.2 Å². The lowest BCUT2D eigenvalue weighted by Gasteiger charge is -2.31. The summed E-state index contributed by atoms with van der Waals surface area (Å²) in [4.78, 5) is 7.62. The Labute approximate surface area is 342 Å². The van der Waals surface area contributed by atoms with Gasteiger partial charge in [0.1, 0.15) is 0 Å². The van der Waals surface area contributed by atoms with Gasteiger partial charge in [-0.05, 0) is 143 Å². The Morgan fingerprint density at radius 2 is 1.30 bits per heavy atom. The molecule has 0 radical (unpaired) electrons. The smallest absolute Gasteiger partial charge is 0.0847 e. The van der Waals surface area contributed by atoms with E-state index in [1.54, 1.807) is 0 Å². The van der Waals surface area contributed by atoms with Gasteiger partial charge in [-0.2, -0.15) is 0 Å². The molecule has 0 bridgehead atoms. The molecule has 9 rings (SSSR count). The molecule has 0 unspecified atom stereocenters. The molecule has 6 aromatic rings. The van der Waals surface area contributed by atoms with E-state index in [-0.39, 0.29) is 0 Å². The molecule has 0 fully saturated rings. The minimum atomic E-state index is -0.410. The molecule has 0 aliphatic heterocycles. The highest BCUT2D eigenvalue weighted by atomic mass is 32.1. The Bertz CT molecular complexity index is 2720. The third kappa shape index (κ3) is 6.11. The number of hydrogen-bond donors (Lipinski definition) is 0. The fraction of sp³-hybridized carbons (Fsp3) is 0.145. The van der Waals surface area contributed by atoms with Crippen molar-refractivity contribution in [2.45, 2.75) is 52.9 Å².